The second-order valence-electron chi connectivity index (χ2n) is 10.0. The van der Waals surface area contributed by atoms with E-state index in [-0.39, 0.29) is 63.1 Å². The lowest BCUT2D eigenvalue weighted by atomic mass is 10.1. The van der Waals surface area contributed by atoms with Crippen LogP contribution < -0.4 is 4.74 Å². The number of halogens is 3. The van der Waals surface area contributed by atoms with Crippen LogP contribution in [0.3, 0.4) is 0 Å². The Hall–Kier alpha value is -3.18. The summed E-state index contributed by atoms with van der Waals surface area (Å²) in [4.78, 5) is 43.3. The van der Waals surface area contributed by atoms with E-state index in [1.165, 1.54) is 24.1 Å². The molecule has 3 aliphatic rings. The summed E-state index contributed by atoms with van der Waals surface area (Å²) < 4.78 is 87.6. The molecule has 234 valence electrons. The number of aromatic nitrogens is 1. The maximum absolute atomic E-state index is 13.8. The minimum Gasteiger partial charge on any atom is -0.474 e. The molecule has 13 nitrogen and oxygen atoms in total. The third-order valence-corrected chi connectivity index (χ3v) is 9.27. The average Bonchev–Trinajstić information content (AvgIpc) is 3.25. The lowest BCUT2D eigenvalue weighted by molar-refractivity contribution is -0.187. The normalized spacial score (nSPS) is 23.5. The van der Waals surface area contributed by atoms with Crippen molar-refractivity contribution in [2.24, 2.45) is 0 Å². The number of ether oxygens (including phenoxy) is 4. The number of fused-ring (bicyclic) bond motifs is 2. The Bertz CT molecular complexity index is 1240. The number of methoxy groups -OCH3 is 1. The molecule has 0 aliphatic carbocycles. The van der Waals surface area contributed by atoms with Gasteiger partial charge in [0, 0.05) is 51.7 Å². The molecule has 3 saturated heterocycles. The number of alkyl halides is 3. The van der Waals surface area contributed by atoms with E-state index in [0.717, 1.165) is 15.4 Å². The molecular formula is C25H33F3N4O9S. The molecule has 42 heavy (non-hydrogen) atoms. The Morgan fingerprint density at radius 3 is 2.36 bits per heavy atom. The largest absolute Gasteiger partial charge is 0.474 e. The molecule has 4 rings (SSSR count). The molecule has 1 aromatic rings. The Labute approximate surface area is 240 Å². The fourth-order valence-electron chi connectivity index (χ4n) is 5.49. The minimum absolute atomic E-state index is 0.00223. The molecule has 1 aromatic heterocycles. The maximum Gasteiger partial charge on any atom is 0.471 e. The number of nitrogens with zero attached hydrogens (tertiary/aromatic N) is 4. The molecule has 0 aromatic carbocycles. The number of sulfonamides is 1. The van der Waals surface area contributed by atoms with Gasteiger partial charge >= 0.3 is 24.1 Å². The predicted octanol–water partition coefficient (Wildman–Crippen LogP) is 1.57. The van der Waals surface area contributed by atoms with Gasteiger partial charge in [0.25, 0.3) is 0 Å². The van der Waals surface area contributed by atoms with Crippen LogP contribution in [0.15, 0.2) is 23.2 Å². The zero-order valence-electron chi connectivity index (χ0n) is 23.1. The van der Waals surface area contributed by atoms with Crippen molar-refractivity contribution in [3.8, 4) is 5.88 Å². The number of amides is 2. The second-order valence-corrected chi connectivity index (χ2v) is 11.9. The number of carbonyl (C=O) groups excluding carboxylic acids is 3. The molecule has 0 unspecified atom stereocenters. The zero-order valence-corrected chi connectivity index (χ0v) is 23.9. The van der Waals surface area contributed by atoms with Gasteiger partial charge in [0.15, 0.2) is 0 Å². The van der Waals surface area contributed by atoms with Crippen molar-refractivity contribution in [2.75, 3.05) is 46.6 Å². The number of rotatable bonds is 9. The van der Waals surface area contributed by atoms with E-state index in [0.29, 0.717) is 12.8 Å². The first-order valence-corrected chi connectivity index (χ1v) is 14.9. The monoisotopic (exact) mass is 622 g/mol. The summed E-state index contributed by atoms with van der Waals surface area (Å²) in [5.74, 6) is -2.63. The number of piperidine rings is 1. The van der Waals surface area contributed by atoms with Gasteiger partial charge in [-0.05, 0) is 25.8 Å². The van der Waals surface area contributed by atoms with Gasteiger partial charge in [-0.25, -0.2) is 18.2 Å². The van der Waals surface area contributed by atoms with Crippen molar-refractivity contribution < 1.29 is 54.9 Å². The number of hydrogen-bond donors (Lipinski definition) is 0. The number of hydrogen-bond acceptors (Lipinski definition) is 10. The summed E-state index contributed by atoms with van der Waals surface area (Å²) >= 11 is 0. The van der Waals surface area contributed by atoms with Crippen molar-refractivity contribution in [3.05, 3.63) is 18.3 Å². The SMILES string of the molecule is CCOC(=O)[C@@H]1[C@@H]2CC[C@H](CN1S(=O)(=O)c1ccc(OC3CCN(C(=O)C(F)(F)F)CC3)nc1)N2C(=O)OCCOC. The standard InChI is InChI=1S/C25H33F3N4O9S/c1-3-39-22(33)21-19-6-4-16(32(19)24(35)40-13-12-38-2)15-31(21)42(36,37)18-5-7-20(29-14-18)41-17-8-10-30(11-9-17)23(34)25(26,27)28/h5,7,14,16-17,19,21H,3-4,6,8-13,15H2,1-2H3/t16-,19+,21+/m1/s1. The first-order chi connectivity index (χ1) is 19.9. The van der Waals surface area contributed by atoms with Gasteiger partial charge in [-0.15, -0.1) is 0 Å². The minimum atomic E-state index is -4.94. The van der Waals surface area contributed by atoms with Gasteiger partial charge in [0.05, 0.1) is 25.5 Å². The van der Waals surface area contributed by atoms with E-state index in [9.17, 15) is 36.0 Å². The van der Waals surface area contributed by atoms with Crippen molar-refractivity contribution in [1.82, 2.24) is 19.1 Å². The summed E-state index contributed by atoms with van der Waals surface area (Å²) in [7, 11) is -2.83. The number of likely N-dealkylation sites (tertiary alicyclic amines) is 1. The lowest BCUT2D eigenvalue weighted by Gasteiger charge is -2.43. The Kier molecular flexibility index (Phi) is 9.82. The van der Waals surface area contributed by atoms with E-state index in [2.05, 4.69) is 4.98 Å². The highest BCUT2D eigenvalue weighted by Gasteiger charge is 2.56. The van der Waals surface area contributed by atoms with Crippen molar-refractivity contribution in [1.29, 1.82) is 0 Å². The number of pyridine rings is 1. The highest BCUT2D eigenvalue weighted by atomic mass is 32.2. The van der Waals surface area contributed by atoms with Crippen molar-refractivity contribution >= 4 is 28.0 Å². The fraction of sp³-hybridized carbons (Fsp3) is 0.680. The second kappa shape index (κ2) is 13.0. The summed E-state index contributed by atoms with van der Waals surface area (Å²) in [6, 6.07) is -0.0360. The van der Waals surface area contributed by atoms with E-state index in [1.54, 1.807) is 6.92 Å². The van der Waals surface area contributed by atoms with Crippen LogP contribution in [0.4, 0.5) is 18.0 Å². The Morgan fingerprint density at radius 2 is 1.76 bits per heavy atom. The quantitative estimate of drug-likeness (QED) is 0.294. The van der Waals surface area contributed by atoms with Crippen LogP contribution in [-0.2, 0) is 33.8 Å². The van der Waals surface area contributed by atoms with Crippen LogP contribution in [0.1, 0.15) is 32.6 Å². The van der Waals surface area contributed by atoms with E-state index < -0.39 is 58.4 Å². The topological polar surface area (TPSA) is 145 Å². The number of piperazine rings is 1. The first-order valence-electron chi connectivity index (χ1n) is 13.5. The summed E-state index contributed by atoms with van der Waals surface area (Å²) in [5.41, 5.74) is 0. The molecule has 0 radical (unpaired) electrons. The van der Waals surface area contributed by atoms with Crippen LogP contribution in [0, 0.1) is 0 Å². The molecule has 3 fully saturated rings. The van der Waals surface area contributed by atoms with Gasteiger partial charge in [0.2, 0.25) is 15.9 Å². The van der Waals surface area contributed by atoms with Gasteiger partial charge < -0.3 is 23.8 Å². The summed E-state index contributed by atoms with van der Waals surface area (Å²) in [6.07, 6.45) is -3.93. The molecule has 0 spiro atoms. The molecular weight excluding hydrogens is 589 g/mol. The van der Waals surface area contributed by atoms with Crippen LogP contribution in [0.5, 0.6) is 5.88 Å². The van der Waals surface area contributed by atoms with Gasteiger partial charge in [-0.3, -0.25) is 14.5 Å². The molecule has 3 aliphatic heterocycles. The molecule has 3 atom stereocenters. The molecule has 4 heterocycles. The third-order valence-electron chi connectivity index (χ3n) is 7.44. The van der Waals surface area contributed by atoms with Crippen LogP contribution >= 0.6 is 0 Å². The number of carbonyl (C=O) groups is 3. The van der Waals surface area contributed by atoms with Crippen molar-refractivity contribution in [2.45, 2.75) is 67.9 Å². The first kappa shape index (κ1) is 31.7. The van der Waals surface area contributed by atoms with Gasteiger partial charge in [-0.1, -0.05) is 0 Å². The number of esters is 1. The van der Waals surface area contributed by atoms with Gasteiger partial charge in [0.1, 0.15) is 23.6 Å². The fourth-order valence-corrected chi connectivity index (χ4v) is 7.08. The van der Waals surface area contributed by atoms with Gasteiger partial charge in [-0.2, -0.15) is 17.5 Å². The van der Waals surface area contributed by atoms with Crippen molar-refractivity contribution in [3.63, 3.8) is 0 Å². The zero-order chi connectivity index (χ0) is 30.7. The predicted molar refractivity (Wildman–Crippen MR) is 137 cm³/mol. The Balaban J connectivity index is 1.46. The maximum atomic E-state index is 13.8. The summed E-state index contributed by atoms with van der Waals surface area (Å²) in [5, 5.41) is 0. The molecule has 2 bridgehead atoms. The highest BCUT2D eigenvalue weighted by molar-refractivity contribution is 7.89. The third kappa shape index (κ3) is 6.72. The average molecular weight is 623 g/mol. The van der Waals surface area contributed by atoms with E-state index >= 15 is 0 Å². The van der Waals surface area contributed by atoms with E-state index in [4.69, 9.17) is 18.9 Å². The van der Waals surface area contributed by atoms with Crippen LogP contribution in [0.2, 0.25) is 0 Å². The highest BCUT2D eigenvalue weighted by Crippen LogP contribution is 2.38. The smallest absolute Gasteiger partial charge is 0.471 e. The summed E-state index contributed by atoms with van der Waals surface area (Å²) in [6.45, 7) is 1.35. The molecule has 2 amide bonds. The Morgan fingerprint density at radius 1 is 1.05 bits per heavy atom. The molecule has 0 N–H and O–H groups in total. The molecule has 17 heteroatoms. The van der Waals surface area contributed by atoms with Crippen LogP contribution in [0.25, 0.3) is 0 Å². The van der Waals surface area contributed by atoms with E-state index in [1.807, 2.05) is 0 Å². The van der Waals surface area contributed by atoms with Crippen LogP contribution in [-0.4, -0.2) is 122 Å². The lowest BCUT2D eigenvalue weighted by Crippen LogP contribution is -2.65. The molecule has 0 saturated carbocycles.